The summed E-state index contributed by atoms with van der Waals surface area (Å²) in [4.78, 5) is 10.7. The third kappa shape index (κ3) is 2.96. The van der Waals surface area contributed by atoms with E-state index in [1.54, 1.807) is 0 Å². The number of nitriles is 1. The summed E-state index contributed by atoms with van der Waals surface area (Å²) in [5.74, 6) is -1.12. The zero-order valence-electron chi connectivity index (χ0n) is 9.90. The normalized spacial score (nSPS) is 10.8. The van der Waals surface area contributed by atoms with Crippen LogP contribution in [0, 0.1) is 11.3 Å². The van der Waals surface area contributed by atoms with Crippen LogP contribution in [0.15, 0.2) is 41.3 Å². The Morgan fingerprint density at radius 2 is 2.05 bits per heavy atom. The number of nitrogens with one attached hydrogen (secondary N) is 1. The summed E-state index contributed by atoms with van der Waals surface area (Å²) in [6.45, 7) is 0. The Hall–Kier alpha value is -2.37. The second-order valence-electron chi connectivity index (χ2n) is 3.71. The van der Waals surface area contributed by atoms with Crippen molar-refractivity contribution in [3.05, 3.63) is 46.8 Å². The number of anilines is 1. The van der Waals surface area contributed by atoms with E-state index in [-0.39, 0.29) is 20.3 Å². The minimum absolute atomic E-state index is 0.0356. The van der Waals surface area contributed by atoms with Gasteiger partial charge in [0.05, 0.1) is 16.5 Å². The number of carbonyl (C=O) groups is 1. The number of hydrogen-bond donors (Lipinski definition) is 2. The standard InChI is InChI=1S/C12H8N2O4S2/c13-7-8-2-1-3-9(6-8)20(17,18)14-11-5-4-10(19-11)12(15)16/h1-6,14H,(H,15,16). The van der Waals surface area contributed by atoms with Crippen molar-refractivity contribution in [3.8, 4) is 6.07 Å². The second kappa shape index (κ2) is 5.32. The van der Waals surface area contributed by atoms with Crippen LogP contribution in [-0.2, 0) is 10.0 Å². The molecule has 0 aliphatic carbocycles. The topological polar surface area (TPSA) is 107 Å². The van der Waals surface area contributed by atoms with Crippen molar-refractivity contribution in [2.24, 2.45) is 0 Å². The van der Waals surface area contributed by atoms with Gasteiger partial charge in [-0.3, -0.25) is 4.72 Å². The molecule has 0 atom stereocenters. The maximum Gasteiger partial charge on any atom is 0.345 e. The van der Waals surface area contributed by atoms with Crippen molar-refractivity contribution in [2.45, 2.75) is 4.90 Å². The number of carboxylic acids is 1. The largest absolute Gasteiger partial charge is 0.477 e. The van der Waals surface area contributed by atoms with E-state index in [9.17, 15) is 13.2 Å². The number of rotatable bonds is 4. The number of nitrogens with zero attached hydrogens (tertiary/aromatic N) is 1. The molecule has 0 amide bonds. The van der Waals surface area contributed by atoms with E-state index in [0.717, 1.165) is 11.3 Å². The van der Waals surface area contributed by atoms with E-state index in [4.69, 9.17) is 10.4 Å². The zero-order chi connectivity index (χ0) is 14.8. The van der Waals surface area contributed by atoms with E-state index < -0.39 is 16.0 Å². The van der Waals surface area contributed by atoms with Crippen molar-refractivity contribution in [2.75, 3.05) is 4.72 Å². The zero-order valence-corrected chi connectivity index (χ0v) is 11.5. The van der Waals surface area contributed by atoms with Crippen molar-refractivity contribution in [1.29, 1.82) is 5.26 Å². The molecule has 0 aliphatic heterocycles. The van der Waals surface area contributed by atoms with Gasteiger partial charge >= 0.3 is 5.97 Å². The summed E-state index contributed by atoms with van der Waals surface area (Å²) in [6, 6.07) is 10.1. The molecule has 1 heterocycles. The van der Waals surface area contributed by atoms with Gasteiger partial charge in [-0.2, -0.15) is 5.26 Å². The summed E-state index contributed by atoms with van der Waals surface area (Å²) in [6.07, 6.45) is 0. The van der Waals surface area contributed by atoms with Crippen molar-refractivity contribution in [1.82, 2.24) is 0 Å². The van der Waals surface area contributed by atoms with E-state index in [1.807, 2.05) is 6.07 Å². The van der Waals surface area contributed by atoms with E-state index in [2.05, 4.69) is 4.72 Å². The number of hydrogen-bond acceptors (Lipinski definition) is 5. The van der Waals surface area contributed by atoms with Crippen LogP contribution in [0.2, 0.25) is 0 Å². The van der Waals surface area contributed by atoms with Gasteiger partial charge in [0.25, 0.3) is 10.0 Å². The molecule has 0 fully saturated rings. The lowest BCUT2D eigenvalue weighted by atomic mass is 10.2. The van der Waals surface area contributed by atoms with Crippen LogP contribution in [0.3, 0.4) is 0 Å². The number of carboxylic acid groups (broad SMARTS) is 1. The van der Waals surface area contributed by atoms with Gasteiger partial charge in [0, 0.05) is 0 Å². The maximum absolute atomic E-state index is 12.1. The molecule has 102 valence electrons. The lowest BCUT2D eigenvalue weighted by Crippen LogP contribution is -2.12. The number of sulfonamides is 1. The first kappa shape index (κ1) is 14.0. The first-order chi connectivity index (χ1) is 9.42. The third-order valence-electron chi connectivity index (χ3n) is 2.33. The molecule has 2 N–H and O–H groups in total. The Morgan fingerprint density at radius 1 is 1.30 bits per heavy atom. The summed E-state index contributed by atoms with van der Waals surface area (Å²) in [7, 11) is -3.84. The molecule has 0 aliphatic rings. The summed E-state index contributed by atoms with van der Waals surface area (Å²) in [5, 5.41) is 17.7. The summed E-state index contributed by atoms with van der Waals surface area (Å²) in [5.41, 5.74) is 0.227. The van der Waals surface area contributed by atoms with Crippen LogP contribution in [0.1, 0.15) is 15.2 Å². The van der Waals surface area contributed by atoms with Gasteiger partial charge in [0.1, 0.15) is 9.88 Å². The molecule has 6 nitrogen and oxygen atoms in total. The molecular weight excluding hydrogens is 300 g/mol. The molecule has 0 radical (unpaired) electrons. The summed E-state index contributed by atoms with van der Waals surface area (Å²) < 4.78 is 26.5. The molecule has 2 rings (SSSR count). The fourth-order valence-electron chi connectivity index (χ4n) is 1.43. The van der Waals surface area contributed by atoms with Crippen LogP contribution >= 0.6 is 11.3 Å². The van der Waals surface area contributed by atoms with Gasteiger partial charge in [-0.15, -0.1) is 11.3 Å². The number of benzene rings is 1. The molecule has 1 aromatic carbocycles. The van der Waals surface area contributed by atoms with Crippen LogP contribution in [0.4, 0.5) is 5.00 Å². The predicted molar refractivity (Wildman–Crippen MR) is 73.2 cm³/mol. The smallest absolute Gasteiger partial charge is 0.345 e. The molecule has 1 aromatic heterocycles. The van der Waals surface area contributed by atoms with E-state index >= 15 is 0 Å². The highest BCUT2D eigenvalue weighted by Gasteiger charge is 2.16. The van der Waals surface area contributed by atoms with E-state index in [0.29, 0.717) is 0 Å². The quantitative estimate of drug-likeness (QED) is 0.899. The van der Waals surface area contributed by atoms with Crippen LogP contribution in [0.25, 0.3) is 0 Å². The first-order valence-corrected chi connectivity index (χ1v) is 7.58. The molecule has 20 heavy (non-hydrogen) atoms. The second-order valence-corrected chi connectivity index (χ2v) is 6.48. The van der Waals surface area contributed by atoms with Crippen molar-refractivity contribution < 1.29 is 18.3 Å². The predicted octanol–water partition coefficient (Wildman–Crippen LogP) is 2.12. The molecule has 0 spiro atoms. The lowest BCUT2D eigenvalue weighted by molar-refractivity contribution is 0.0702. The monoisotopic (exact) mass is 308 g/mol. The molecule has 0 saturated heterocycles. The van der Waals surface area contributed by atoms with E-state index in [1.165, 1.54) is 36.4 Å². The Morgan fingerprint density at radius 3 is 2.65 bits per heavy atom. The average Bonchev–Trinajstić information content (AvgIpc) is 2.87. The molecule has 2 aromatic rings. The van der Waals surface area contributed by atoms with Crippen LogP contribution in [-0.4, -0.2) is 19.5 Å². The maximum atomic E-state index is 12.1. The van der Waals surface area contributed by atoms with Gasteiger partial charge in [-0.05, 0) is 30.3 Å². The Labute approximate surface area is 119 Å². The van der Waals surface area contributed by atoms with Gasteiger partial charge in [-0.1, -0.05) is 6.07 Å². The average molecular weight is 308 g/mol. The molecule has 0 bridgehead atoms. The fraction of sp³-hybridized carbons (Fsp3) is 0. The molecule has 0 saturated carbocycles. The van der Waals surface area contributed by atoms with Gasteiger partial charge in [-0.25, -0.2) is 13.2 Å². The SMILES string of the molecule is N#Cc1cccc(S(=O)(=O)Nc2ccc(C(=O)O)s2)c1. The highest BCUT2D eigenvalue weighted by molar-refractivity contribution is 7.93. The van der Waals surface area contributed by atoms with Gasteiger partial charge < -0.3 is 5.11 Å². The molecular formula is C12H8N2O4S2. The highest BCUT2D eigenvalue weighted by Crippen LogP contribution is 2.25. The minimum atomic E-state index is -3.84. The molecule has 0 unspecified atom stereocenters. The highest BCUT2D eigenvalue weighted by atomic mass is 32.2. The van der Waals surface area contributed by atoms with Crippen molar-refractivity contribution >= 4 is 32.3 Å². The Kier molecular flexibility index (Phi) is 3.74. The Bertz CT molecular complexity index is 803. The molecule has 8 heteroatoms. The van der Waals surface area contributed by atoms with Crippen LogP contribution in [0.5, 0.6) is 0 Å². The van der Waals surface area contributed by atoms with Gasteiger partial charge in [0.15, 0.2) is 0 Å². The van der Waals surface area contributed by atoms with Crippen LogP contribution < -0.4 is 4.72 Å². The number of thiophene rings is 1. The fourth-order valence-corrected chi connectivity index (χ4v) is 3.51. The van der Waals surface area contributed by atoms with Crippen molar-refractivity contribution in [3.63, 3.8) is 0 Å². The Balaban J connectivity index is 2.30. The first-order valence-electron chi connectivity index (χ1n) is 5.28. The summed E-state index contributed by atoms with van der Waals surface area (Å²) >= 11 is 0.818. The number of aromatic carboxylic acids is 1. The lowest BCUT2D eigenvalue weighted by Gasteiger charge is -2.05. The van der Waals surface area contributed by atoms with Gasteiger partial charge in [0.2, 0.25) is 0 Å². The minimum Gasteiger partial charge on any atom is -0.477 e. The third-order valence-corrected chi connectivity index (χ3v) is 4.81.